The Kier molecular flexibility index (Phi) is 5.68. The fourth-order valence-electron chi connectivity index (χ4n) is 3.04. The first-order chi connectivity index (χ1) is 14.5. The Bertz CT molecular complexity index is 1240. The average molecular weight is 463 g/mol. The van der Waals surface area contributed by atoms with Crippen LogP contribution in [0.25, 0.3) is 28.6 Å². The smallest absolute Gasteiger partial charge is 0.248 e. The maximum atomic E-state index is 12.3. The van der Waals surface area contributed by atoms with E-state index in [1.165, 1.54) is 6.08 Å². The average Bonchev–Trinajstić information content (AvgIpc) is 3.16. The van der Waals surface area contributed by atoms with Gasteiger partial charge in [0.2, 0.25) is 11.8 Å². The molecule has 0 fully saturated rings. The van der Waals surface area contributed by atoms with Gasteiger partial charge in [0.15, 0.2) is 5.58 Å². The summed E-state index contributed by atoms with van der Waals surface area (Å²) in [5, 5.41) is 2.85. The van der Waals surface area contributed by atoms with Gasteiger partial charge in [0.1, 0.15) is 11.3 Å². The van der Waals surface area contributed by atoms with E-state index in [4.69, 9.17) is 9.15 Å². The first kappa shape index (κ1) is 19.9. The van der Waals surface area contributed by atoms with Crippen LogP contribution in [-0.2, 0) is 4.79 Å². The minimum absolute atomic E-state index is 0.234. The Balaban J connectivity index is 1.46. The van der Waals surface area contributed by atoms with E-state index in [1.54, 1.807) is 13.2 Å². The largest absolute Gasteiger partial charge is 0.496 e. The number of rotatable bonds is 5. The molecule has 0 unspecified atom stereocenters. The number of ether oxygens (including phenoxy) is 1. The quantitative estimate of drug-likeness (QED) is 0.357. The van der Waals surface area contributed by atoms with Crippen molar-refractivity contribution in [2.45, 2.75) is 6.92 Å². The van der Waals surface area contributed by atoms with Gasteiger partial charge in [-0.05, 0) is 73.2 Å². The van der Waals surface area contributed by atoms with E-state index in [-0.39, 0.29) is 5.91 Å². The second-order valence-electron chi connectivity index (χ2n) is 6.78. The number of aromatic nitrogens is 1. The SMILES string of the molecule is COc1ccc(Br)cc1/C=C/C(=O)Nc1ccc(-c2nc3cc(C)ccc3o2)cc1. The highest BCUT2D eigenvalue weighted by Gasteiger charge is 2.09. The molecule has 0 radical (unpaired) electrons. The summed E-state index contributed by atoms with van der Waals surface area (Å²) >= 11 is 3.42. The van der Waals surface area contributed by atoms with Crippen molar-refractivity contribution in [2.75, 3.05) is 12.4 Å². The van der Waals surface area contributed by atoms with Gasteiger partial charge in [-0.15, -0.1) is 0 Å². The number of methoxy groups -OCH3 is 1. The van der Waals surface area contributed by atoms with Gasteiger partial charge in [-0.2, -0.15) is 0 Å². The molecule has 1 N–H and O–H groups in total. The van der Waals surface area contributed by atoms with Gasteiger partial charge in [0, 0.05) is 27.4 Å². The van der Waals surface area contributed by atoms with E-state index < -0.39 is 0 Å². The molecule has 0 bridgehead atoms. The van der Waals surface area contributed by atoms with E-state index in [9.17, 15) is 4.79 Å². The Hall–Kier alpha value is -3.38. The van der Waals surface area contributed by atoms with Gasteiger partial charge in [0.25, 0.3) is 0 Å². The second-order valence-corrected chi connectivity index (χ2v) is 7.69. The molecule has 1 amide bonds. The number of amides is 1. The zero-order valence-electron chi connectivity index (χ0n) is 16.5. The maximum Gasteiger partial charge on any atom is 0.248 e. The fourth-order valence-corrected chi connectivity index (χ4v) is 3.42. The molecule has 3 aromatic carbocycles. The predicted molar refractivity (Wildman–Crippen MR) is 123 cm³/mol. The van der Waals surface area contributed by atoms with Crippen molar-refractivity contribution >= 4 is 44.7 Å². The first-order valence-corrected chi connectivity index (χ1v) is 10.1. The van der Waals surface area contributed by atoms with Gasteiger partial charge in [-0.25, -0.2) is 4.98 Å². The van der Waals surface area contributed by atoms with E-state index in [2.05, 4.69) is 26.2 Å². The molecule has 1 aromatic heterocycles. The van der Waals surface area contributed by atoms with Gasteiger partial charge in [-0.3, -0.25) is 4.79 Å². The van der Waals surface area contributed by atoms with Gasteiger partial charge < -0.3 is 14.5 Å². The van der Waals surface area contributed by atoms with Crippen molar-refractivity contribution in [1.82, 2.24) is 4.98 Å². The molecule has 5 nitrogen and oxygen atoms in total. The fraction of sp³-hybridized carbons (Fsp3) is 0.0833. The summed E-state index contributed by atoms with van der Waals surface area (Å²) in [7, 11) is 1.60. The summed E-state index contributed by atoms with van der Waals surface area (Å²) in [4.78, 5) is 16.8. The van der Waals surface area contributed by atoms with Crippen LogP contribution in [0, 0.1) is 6.92 Å². The molecule has 0 saturated heterocycles. The number of carbonyl (C=O) groups is 1. The number of aryl methyl sites for hydroxylation is 1. The summed E-state index contributed by atoms with van der Waals surface area (Å²) in [6, 6.07) is 18.9. The van der Waals surface area contributed by atoms with Crippen LogP contribution in [-0.4, -0.2) is 18.0 Å². The normalized spacial score (nSPS) is 11.2. The number of hydrogen-bond donors (Lipinski definition) is 1. The summed E-state index contributed by atoms with van der Waals surface area (Å²) in [5.41, 5.74) is 5.05. The van der Waals surface area contributed by atoms with Gasteiger partial charge in [0.05, 0.1) is 7.11 Å². The van der Waals surface area contributed by atoms with Crippen LogP contribution >= 0.6 is 15.9 Å². The first-order valence-electron chi connectivity index (χ1n) is 9.32. The van der Waals surface area contributed by atoms with Crippen LogP contribution in [0.1, 0.15) is 11.1 Å². The molecule has 4 aromatic rings. The number of anilines is 1. The molecule has 0 aliphatic carbocycles. The summed E-state index contributed by atoms with van der Waals surface area (Å²) in [5.74, 6) is 1.01. The lowest BCUT2D eigenvalue weighted by molar-refractivity contribution is -0.111. The van der Waals surface area contributed by atoms with Crippen LogP contribution in [0.4, 0.5) is 5.69 Å². The summed E-state index contributed by atoms with van der Waals surface area (Å²) in [6.45, 7) is 2.02. The van der Waals surface area contributed by atoms with Crippen molar-refractivity contribution in [3.63, 3.8) is 0 Å². The van der Waals surface area contributed by atoms with Gasteiger partial charge >= 0.3 is 0 Å². The summed E-state index contributed by atoms with van der Waals surface area (Å²) in [6.07, 6.45) is 3.19. The molecule has 0 atom stereocenters. The standard InChI is InChI=1S/C24H19BrN2O3/c1-15-3-10-22-20(13-15)27-24(30-22)16-4-8-19(9-5-16)26-23(28)12-6-17-14-18(25)7-11-21(17)29-2/h3-14H,1-2H3,(H,26,28)/b12-6+. The third-order valence-electron chi connectivity index (χ3n) is 4.55. The monoisotopic (exact) mass is 462 g/mol. The number of fused-ring (bicyclic) bond motifs is 1. The molecule has 1 heterocycles. The van der Waals surface area contributed by atoms with E-state index >= 15 is 0 Å². The number of benzene rings is 3. The van der Waals surface area contributed by atoms with E-state index in [0.29, 0.717) is 17.3 Å². The minimum atomic E-state index is -0.234. The maximum absolute atomic E-state index is 12.3. The topological polar surface area (TPSA) is 64.4 Å². The third-order valence-corrected chi connectivity index (χ3v) is 5.04. The lowest BCUT2D eigenvalue weighted by Crippen LogP contribution is -2.07. The molecule has 6 heteroatoms. The molecule has 0 spiro atoms. The van der Waals surface area contributed by atoms with E-state index in [0.717, 1.165) is 32.3 Å². The lowest BCUT2D eigenvalue weighted by Gasteiger charge is -2.05. The number of oxazole rings is 1. The Morgan fingerprint density at radius 3 is 2.67 bits per heavy atom. The molecular weight excluding hydrogens is 444 g/mol. The minimum Gasteiger partial charge on any atom is -0.496 e. The zero-order chi connectivity index (χ0) is 21.1. The second kappa shape index (κ2) is 8.55. The number of hydrogen-bond acceptors (Lipinski definition) is 4. The van der Waals surface area contributed by atoms with Crippen LogP contribution in [0.2, 0.25) is 0 Å². The highest BCUT2D eigenvalue weighted by Crippen LogP contribution is 2.26. The molecule has 150 valence electrons. The van der Waals surface area contributed by atoms with Crippen LogP contribution in [0.15, 0.2) is 75.6 Å². The molecule has 0 aliphatic rings. The molecule has 30 heavy (non-hydrogen) atoms. The zero-order valence-corrected chi connectivity index (χ0v) is 18.1. The van der Waals surface area contributed by atoms with Crippen molar-refractivity contribution < 1.29 is 13.9 Å². The Labute approximate surface area is 182 Å². The van der Waals surface area contributed by atoms with Gasteiger partial charge in [-0.1, -0.05) is 22.0 Å². The van der Waals surface area contributed by atoms with Crippen LogP contribution < -0.4 is 10.1 Å². The van der Waals surface area contributed by atoms with Crippen molar-refractivity contribution in [3.8, 4) is 17.2 Å². The highest BCUT2D eigenvalue weighted by molar-refractivity contribution is 9.10. The number of nitrogens with one attached hydrogen (secondary N) is 1. The molecule has 0 saturated carbocycles. The van der Waals surface area contributed by atoms with Crippen LogP contribution in [0.3, 0.4) is 0 Å². The van der Waals surface area contributed by atoms with Crippen molar-refractivity contribution in [1.29, 1.82) is 0 Å². The van der Waals surface area contributed by atoms with Crippen molar-refractivity contribution in [3.05, 3.63) is 82.3 Å². The molecule has 0 aliphatic heterocycles. The number of halogens is 1. The molecule has 4 rings (SSSR count). The highest BCUT2D eigenvalue weighted by atomic mass is 79.9. The van der Waals surface area contributed by atoms with Crippen LogP contribution in [0.5, 0.6) is 5.75 Å². The van der Waals surface area contributed by atoms with Crippen molar-refractivity contribution in [2.24, 2.45) is 0 Å². The number of nitrogens with zero attached hydrogens (tertiary/aromatic N) is 1. The Morgan fingerprint density at radius 1 is 1.10 bits per heavy atom. The predicted octanol–water partition coefficient (Wildman–Crippen LogP) is 6.23. The van der Waals surface area contributed by atoms with E-state index in [1.807, 2.05) is 67.6 Å². The Morgan fingerprint density at radius 2 is 1.90 bits per heavy atom. The third kappa shape index (κ3) is 4.44. The summed E-state index contributed by atoms with van der Waals surface area (Å²) < 4.78 is 12.1. The lowest BCUT2D eigenvalue weighted by atomic mass is 10.2. The molecular formula is C24H19BrN2O3. The number of carbonyl (C=O) groups excluding carboxylic acids is 1.